The van der Waals surface area contributed by atoms with Crippen molar-refractivity contribution in [1.82, 2.24) is 74.8 Å². The standard InChI is InChI=1S/C25H16BrN3.C22H16BrN3.C19H12BrN3.2C17H10BrN3/c26-25-28-22-12-7-13-27-24(22)23(29-25)21-15-19(17-8-3-1-4-9-17)14-20(16-21)18-10-5-2-6-11-18;1-22(2)16-7-4-3-6-14(16)15-10-9-13(12-17(15)22)19-20-18(8-5-11-24-20)25-21(23)26-19;20-15-10-8-14(9-11-15)19-22-16-7-4-12-21-18(16)17(23-19)13-5-2-1-3-6-13;18-17-20-14-9-4-10-19-16(14)15(21-17)13-8-3-6-11-5-1-2-7-12(11)13;18-17-20-14-6-3-9-19-16(14)15(21-17)13-8-7-11-4-1-2-5-12(11)10-13/h1-16H;3-12H,1-2H3;1-12H;2*1-10H. The average molecular weight is 1880 g/mol. The molecule has 0 spiro atoms. The van der Waals surface area contributed by atoms with Crippen LogP contribution in [0.25, 0.3) is 178 Å². The fraction of sp³-hybridized carbons (Fsp3) is 0.0300. The van der Waals surface area contributed by atoms with Crippen LogP contribution in [0.5, 0.6) is 0 Å². The second kappa shape index (κ2) is 34.8. The van der Waals surface area contributed by atoms with Gasteiger partial charge in [0, 0.05) is 74.3 Å². The molecule has 11 aromatic carbocycles. The molecule has 0 unspecified atom stereocenters. The highest BCUT2D eigenvalue weighted by Crippen LogP contribution is 2.50. The van der Waals surface area contributed by atoms with Gasteiger partial charge in [-0.2, -0.15) is 0 Å². The second-order valence-corrected chi connectivity index (χ2v) is 32.3. The quantitative estimate of drug-likeness (QED) is 0.130. The molecule has 0 amide bonds. The zero-order valence-electron chi connectivity index (χ0n) is 64.1. The van der Waals surface area contributed by atoms with Gasteiger partial charge in [0.2, 0.25) is 0 Å². The molecule has 0 fully saturated rings. The Morgan fingerprint density at radius 3 is 1.12 bits per heavy atom. The minimum atomic E-state index is -0.0323. The van der Waals surface area contributed by atoms with Crippen LogP contribution >= 0.6 is 79.6 Å². The van der Waals surface area contributed by atoms with Crippen molar-refractivity contribution < 1.29 is 0 Å². The zero-order valence-corrected chi connectivity index (χ0v) is 72.0. The number of pyridine rings is 5. The van der Waals surface area contributed by atoms with Crippen molar-refractivity contribution in [2.75, 3.05) is 0 Å². The Hall–Kier alpha value is -13.2. The summed E-state index contributed by atoms with van der Waals surface area (Å²) in [4.78, 5) is 68.0. The van der Waals surface area contributed by atoms with E-state index in [0.29, 0.717) is 24.8 Å². The first-order chi connectivity index (χ1) is 58.8. The number of hydrogen-bond donors (Lipinski definition) is 0. The third-order valence-electron chi connectivity index (χ3n) is 20.7. The summed E-state index contributed by atoms with van der Waals surface area (Å²) in [6.45, 7) is 4.57. The van der Waals surface area contributed by atoms with Gasteiger partial charge in [0.15, 0.2) is 24.8 Å². The summed E-state index contributed by atoms with van der Waals surface area (Å²) in [7, 11) is 0. The molecule has 0 saturated carbocycles. The third-order valence-corrected chi connectivity index (χ3v) is 22.6. The summed E-state index contributed by atoms with van der Waals surface area (Å²) in [5.74, 6) is 0.705. The average Bonchev–Trinajstić information content (AvgIpc) is 1.58. The van der Waals surface area contributed by atoms with Gasteiger partial charge in [-0.25, -0.2) is 49.8 Å². The van der Waals surface area contributed by atoms with Gasteiger partial charge in [0.05, 0.1) is 27.6 Å². The van der Waals surface area contributed by atoms with E-state index in [1.165, 1.54) is 38.4 Å². The van der Waals surface area contributed by atoms with Gasteiger partial charge in [0.25, 0.3) is 0 Å². The lowest BCUT2D eigenvalue weighted by Gasteiger charge is -2.22. The summed E-state index contributed by atoms with van der Waals surface area (Å²) >= 11 is 17.1. The molecule has 0 atom stereocenters. The zero-order chi connectivity index (χ0) is 81.6. The molecule has 1 aliphatic carbocycles. The fourth-order valence-electron chi connectivity index (χ4n) is 15.0. The first-order valence-corrected chi connectivity index (χ1v) is 42.3. The number of rotatable bonds is 8. The Morgan fingerprint density at radius 2 is 0.592 bits per heavy atom. The Morgan fingerprint density at radius 1 is 0.217 bits per heavy atom. The summed E-state index contributed by atoms with van der Waals surface area (Å²) < 4.78 is 3.32. The van der Waals surface area contributed by atoms with Crippen molar-refractivity contribution in [2.24, 2.45) is 0 Å². The maximum absolute atomic E-state index is 4.78. The summed E-state index contributed by atoms with van der Waals surface area (Å²) in [6, 6.07) is 109. The smallest absolute Gasteiger partial charge is 0.197 e. The largest absolute Gasteiger partial charge is 0.252 e. The van der Waals surface area contributed by atoms with Crippen molar-refractivity contribution >= 4 is 156 Å². The minimum absolute atomic E-state index is 0.0323. The topological polar surface area (TPSA) is 193 Å². The van der Waals surface area contributed by atoms with E-state index in [2.05, 4.69) is 327 Å². The van der Waals surface area contributed by atoms with E-state index < -0.39 is 0 Å². The van der Waals surface area contributed by atoms with Gasteiger partial charge in [-0.3, -0.25) is 24.9 Å². The van der Waals surface area contributed by atoms with Crippen LogP contribution in [-0.4, -0.2) is 74.8 Å². The van der Waals surface area contributed by atoms with Crippen LogP contribution in [0, 0.1) is 0 Å². The molecule has 10 aromatic heterocycles. The monoisotopic (exact) mass is 1870 g/mol. The van der Waals surface area contributed by atoms with E-state index in [-0.39, 0.29) is 5.41 Å². The van der Waals surface area contributed by atoms with Gasteiger partial charge >= 0.3 is 0 Å². The molecule has 120 heavy (non-hydrogen) atoms. The number of benzene rings is 11. The van der Waals surface area contributed by atoms with Crippen LogP contribution < -0.4 is 0 Å². The van der Waals surface area contributed by atoms with Crippen LogP contribution in [0.1, 0.15) is 25.0 Å². The lowest BCUT2D eigenvalue weighted by Crippen LogP contribution is -2.15. The SMILES string of the molecule is Brc1ccc(-c2nc(-c3ccccc3)c3ncccc3n2)cc1.Brc1nc(-c2cc(-c3ccccc3)cc(-c3ccccc3)c2)c2ncccc2n1.Brc1nc(-c2ccc3ccccc3c2)c2ncccc2n1.Brc1nc(-c2cccc3ccccc23)c2ncccc2n1.CC1(C)c2ccccc2-c2ccc(-c3nc(Br)nc4cccnc34)cc21. The predicted octanol–water partition coefficient (Wildman–Crippen LogP) is 26.9. The Labute approximate surface area is 732 Å². The van der Waals surface area contributed by atoms with Gasteiger partial charge in [-0.05, 0) is 233 Å². The number of hydrogen-bond acceptors (Lipinski definition) is 15. The molecule has 10 heterocycles. The highest BCUT2D eigenvalue weighted by atomic mass is 79.9. The van der Waals surface area contributed by atoms with E-state index in [4.69, 9.17) is 4.98 Å². The molecule has 0 bridgehead atoms. The summed E-state index contributed by atoms with van der Waals surface area (Å²) in [6.07, 6.45) is 8.88. The molecular weight excluding hydrogens is 1810 g/mol. The fourth-order valence-corrected chi connectivity index (χ4v) is 16.8. The summed E-state index contributed by atoms with van der Waals surface area (Å²) in [5.41, 5.74) is 28.6. The Kier molecular flexibility index (Phi) is 22.6. The maximum atomic E-state index is 4.78. The van der Waals surface area contributed by atoms with Crippen molar-refractivity contribution in [3.05, 3.63) is 387 Å². The molecule has 0 saturated heterocycles. The highest BCUT2D eigenvalue weighted by Gasteiger charge is 2.35. The van der Waals surface area contributed by atoms with Crippen LogP contribution in [0.15, 0.2) is 376 Å². The van der Waals surface area contributed by atoms with E-state index in [0.717, 1.165) is 149 Å². The lowest BCUT2D eigenvalue weighted by molar-refractivity contribution is 0.660. The number of halogens is 5. The molecule has 21 aromatic rings. The van der Waals surface area contributed by atoms with E-state index in [1.807, 2.05) is 158 Å². The molecule has 0 N–H and O–H groups in total. The lowest BCUT2D eigenvalue weighted by atomic mass is 9.82. The van der Waals surface area contributed by atoms with E-state index in [9.17, 15) is 0 Å². The van der Waals surface area contributed by atoms with Crippen LogP contribution in [0.3, 0.4) is 0 Å². The Balaban J connectivity index is 0.000000103. The minimum Gasteiger partial charge on any atom is -0.252 e. The molecule has 1 aliphatic rings. The van der Waals surface area contributed by atoms with Crippen molar-refractivity contribution in [3.8, 4) is 101 Å². The molecule has 0 radical (unpaired) electrons. The predicted molar refractivity (Wildman–Crippen MR) is 501 cm³/mol. The molecule has 22 rings (SSSR count). The summed E-state index contributed by atoms with van der Waals surface area (Å²) in [5, 5.41) is 4.76. The molecule has 20 heteroatoms. The third kappa shape index (κ3) is 16.6. The van der Waals surface area contributed by atoms with Crippen LogP contribution in [0.4, 0.5) is 0 Å². The first kappa shape index (κ1) is 78.0. The van der Waals surface area contributed by atoms with Gasteiger partial charge in [0.1, 0.15) is 56.1 Å². The highest BCUT2D eigenvalue weighted by molar-refractivity contribution is 9.11. The maximum Gasteiger partial charge on any atom is 0.197 e. The Bertz CT molecular complexity index is 7350. The van der Waals surface area contributed by atoms with Gasteiger partial charge < -0.3 is 0 Å². The normalized spacial score (nSPS) is 11.7. The van der Waals surface area contributed by atoms with Crippen molar-refractivity contribution in [3.63, 3.8) is 0 Å². The van der Waals surface area contributed by atoms with Crippen molar-refractivity contribution in [2.45, 2.75) is 19.3 Å². The molecular formula is C100H64Br5N15. The van der Waals surface area contributed by atoms with Crippen LogP contribution in [0.2, 0.25) is 0 Å². The first-order valence-electron chi connectivity index (χ1n) is 38.3. The second-order valence-electron chi connectivity index (χ2n) is 28.5. The number of aromatic nitrogens is 15. The number of fused-ring (bicyclic) bond motifs is 10. The molecule has 15 nitrogen and oxygen atoms in total. The molecule has 0 aliphatic heterocycles. The molecule has 574 valence electrons. The van der Waals surface area contributed by atoms with Crippen molar-refractivity contribution in [1.29, 1.82) is 0 Å². The van der Waals surface area contributed by atoms with Gasteiger partial charge in [-0.1, -0.05) is 248 Å². The van der Waals surface area contributed by atoms with E-state index >= 15 is 0 Å². The van der Waals surface area contributed by atoms with E-state index in [1.54, 1.807) is 31.0 Å². The number of nitrogens with zero attached hydrogens (tertiary/aromatic N) is 15. The van der Waals surface area contributed by atoms with Crippen LogP contribution in [-0.2, 0) is 5.41 Å². The van der Waals surface area contributed by atoms with Gasteiger partial charge in [-0.15, -0.1) is 0 Å².